The van der Waals surface area contributed by atoms with Crippen molar-refractivity contribution in [3.63, 3.8) is 0 Å². The molecule has 1 aliphatic carbocycles. The fourth-order valence-electron chi connectivity index (χ4n) is 8.86. The molecular weight excluding hydrogens is 787 g/mol. The predicted molar refractivity (Wildman–Crippen MR) is 252 cm³/mol. The number of allylic oxidation sites excluding steroid dienone is 3. The quantitative estimate of drug-likeness (QED) is 0.0422. The third kappa shape index (κ3) is 11.8. The standard InChI is InChI=1S/C54H59N3O6/c1-4-40-33-50(60)53-42(27-36-11-6-5-7-12-36)25-26-62-47(32-43-31-45(58)22-20-41(43)15-9-8-13-37-14-10-16-44(28-37)57-54(55)56-2)34-46(59)21-17-38-19-24-51(61-3)52(30-38)63-35-39-18-23-48(53)49(40)29-39/h5-7,10-12,14,16,18-20,22-24,28-31,33,41-43,47,58,60H,4,8-9,13,15,17,21,27,32,34-35H2,1-3H3,(H3,55,56,57)/t41-,42-,43+,47+/m1/s1. The molecule has 0 saturated heterocycles. The smallest absolute Gasteiger partial charge is 0.192 e. The maximum atomic E-state index is 13.9. The third-order valence-corrected chi connectivity index (χ3v) is 12.2. The summed E-state index contributed by atoms with van der Waals surface area (Å²) in [4.78, 5) is 17.9. The Balaban J connectivity index is 1.18. The van der Waals surface area contributed by atoms with Gasteiger partial charge in [0.1, 0.15) is 36.1 Å². The normalized spacial score (nSPS) is 19.2. The fourth-order valence-corrected chi connectivity index (χ4v) is 8.86. The van der Waals surface area contributed by atoms with Gasteiger partial charge in [0.25, 0.3) is 0 Å². The topological polar surface area (TPSA) is 136 Å². The zero-order valence-corrected chi connectivity index (χ0v) is 36.6. The van der Waals surface area contributed by atoms with Crippen LogP contribution in [0.1, 0.15) is 84.7 Å². The number of aromatic hydroxyl groups is 1. The van der Waals surface area contributed by atoms with Crippen molar-refractivity contribution >= 4 is 28.2 Å². The number of guanidine groups is 1. The lowest BCUT2D eigenvalue weighted by molar-refractivity contribution is -0.121. The number of carbonyl (C=O) groups excluding carboxylic acids is 1. The summed E-state index contributed by atoms with van der Waals surface area (Å²) in [5.74, 6) is 5.15. The number of anilines is 1. The maximum absolute atomic E-state index is 13.9. The monoisotopic (exact) mass is 845 g/mol. The number of hydrogen-bond donors (Lipinski definition) is 4. The Labute approximate surface area is 371 Å². The van der Waals surface area contributed by atoms with Gasteiger partial charge in [-0.2, -0.15) is 0 Å². The van der Waals surface area contributed by atoms with Crippen LogP contribution in [-0.4, -0.2) is 42.2 Å². The van der Waals surface area contributed by atoms with E-state index in [0.717, 1.165) is 76.4 Å². The molecule has 3 aliphatic rings. The number of aliphatic hydroxyl groups is 1. The molecule has 5 aromatic rings. The van der Waals surface area contributed by atoms with Crippen molar-refractivity contribution in [2.24, 2.45) is 22.6 Å². The van der Waals surface area contributed by atoms with Crippen molar-refractivity contribution in [2.75, 3.05) is 19.5 Å². The van der Waals surface area contributed by atoms with Gasteiger partial charge in [0.15, 0.2) is 17.5 Å². The molecule has 9 heteroatoms. The highest BCUT2D eigenvalue weighted by Crippen LogP contribution is 2.39. The first-order valence-corrected chi connectivity index (χ1v) is 22.2. The number of hydrogen-bond acceptors (Lipinski definition) is 7. The zero-order chi connectivity index (χ0) is 44.1. The number of aliphatic hydroxyl groups excluding tert-OH is 1. The molecule has 0 unspecified atom stereocenters. The molecule has 8 rings (SSSR count). The number of ether oxygens (including phenoxy) is 3. The highest BCUT2D eigenvalue weighted by atomic mass is 16.5. The molecule has 0 saturated carbocycles. The Morgan fingerprint density at radius 1 is 0.921 bits per heavy atom. The average Bonchev–Trinajstić information content (AvgIpc) is 3.29. The number of phenols is 1. The van der Waals surface area contributed by atoms with Gasteiger partial charge in [-0.25, -0.2) is 0 Å². The Bertz CT molecular complexity index is 2530. The third-order valence-electron chi connectivity index (χ3n) is 12.2. The molecule has 63 heavy (non-hydrogen) atoms. The van der Waals surface area contributed by atoms with Gasteiger partial charge in [-0.15, -0.1) is 0 Å². The summed E-state index contributed by atoms with van der Waals surface area (Å²) in [5, 5.41) is 27.6. The van der Waals surface area contributed by atoms with Gasteiger partial charge in [0.2, 0.25) is 0 Å². The lowest BCUT2D eigenvalue weighted by Gasteiger charge is -2.28. The lowest BCUT2D eigenvalue weighted by atomic mass is 9.80. The van der Waals surface area contributed by atoms with Gasteiger partial charge in [0.05, 0.1) is 13.0 Å². The molecule has 0 radical (unpaired) electrons. The summed E-state index contributed by atoms with van der Waals surface area (Å²) in [6.07, 6.45) is 14.9. The summed E-state index contributed by atoms with van der Waals surface area (Å²) in [7, 11) is 3.28. The number of unbranched alkanes of at least 4 members (excludes halogenated alkanes) is 1. The number of Topliss-reactive ketones (excluding diaryl/α,β-unsaturated/α-hetero) is 1. The highest BCUT2D eigenvalue weighted by Gasteiger charge is 2.27. The van der Waals surface area contributed by atoms with E-state index in [1.807, 2.05) is 66.7 Å². The predicted octanol–water partition coefficient (Wildman–Crippen LogP) is 10.7. The minimum Gasteiger partial charge on any atom is -0.508 e. The lowest BCUT2D eigenvalue weighted by Crippen LogP contribution is -2.24. The summed E-state index contributed by atoms with van der Waals surface area (Å²) >= 11 is 0. The Hall–Kier alpha value is -6.66. The number of benzene rings is 5. The van der Waals surface area contributed by atoms with E-state index < -0.39 is 12.0 Å². The molecule has 2 heterocycles. The number of nitrogens with zero attached hydrogens (tertiary/aromatic N) is 1. The first-order valence-electron chi connectivity index (χ1n) is 22.2. The van der Waals surface area contributed by atoms with E-state index in [-0.39, 0.29) is 35.5 Å². The molecule has 0 spiro atoms. The summed E-state index contributed by atoms with van der Waals surface area (Å²) in [5.41, 5.74) is 12.8. The van der Waals surface area contributed by atoms with Gasteiger partial charge in [-0.05, 0) is 144 Å². The van der Waals surface area contributed by atoms with E-state index in [4.69, 9.17) is 19.9 Å². The second kappa shape index (κ2) is 21.4. The molecule has 4 atom stereocenters. The number of aryl methyl sites for hydroxylation is 3. The molecule has 326 valence electrons. The van der Waals surface area contributed by atoms with Gasteiger partial charge in [-0.3, -0.25) is 9.79 Å². The van der Waals surface area contributed by atoms with Crippen molar-refractivity contribution in [3.8, 4) is 29.3 Å². The van der Waals surface area contributed by atoms with Gasteiger partial charge >= 0.3 is 0 Å². The Morgan fingerprint density at radius 2 is 1.75 bits per heavy atom. The van der Waals surface area contributed by atoms with Crippen LogP contribution in [0.4, 0.5) is 5.69 Å². The molecule has 5 aromatic carbocycles. The van der Waals surface area contributed by atoms with Crippen LogP contribution in [0.25, 0.3) is 10.8 Å². The number of fused-ring (bicyclic) bond motifs is 9. The van der Waals surface area contributed by atoms with Gasteiger partial charge in [-0.1, -0.05) is 86.0 Å². The van der Waals surface area contributed by atoms with Crippen molar-refractivity contribution in [2.45, 2.75) is 89.8 Å². The zero-order valence-electron chi connectivity index (χ0n) is 36.6. The molecule has 6 bridgehead atoms. The minimum atomic E-state index is -0.535. The molecule has 0 fully saturated rings. The number of nitrogens with two attached hydrogens (primary N) is 1. The van der Waals surface area contributed by atoms with Gasteiger partial charge < -0.3 is 35.5 Å². The second-order valence-electron chi connectivity index (χ2n) is 16.6. The SMILES string of the molecule is CCc1cc(O)c2c3ccc(cc13)COc1cc(ccc1OC)CCC(=O)C[C@H](C[C@@H]1C=C(O)C=C[C@H]1CCCCc1cccc(NC(N)=NC)c1)OC#C[C@@H]2Cc1ccccc1. The highest BCUT2D eigenvalue weighted by molar-refractivity contribution is 5.93. The van der Waals surface area contributed by atoms with E-state index in [1.165, 1.54) is 5.56 Å². The van der Waals surface area contributed by atoms with Crippen LogP contribution in [0.5, 0.6) is 17.2 Å². The number of methoxy groups -OCH3 is 1. The van der Waals surface area contributed by atoms with Gasteiger partial charge in [0, 0.05) is 31.1 Å². The van der Waals surface area contributed by atoms with Crippen molar-refractivity contribution in [1.82, 2.24) is 0 Å². The minimum absolute atomic E-state index is 0.0608. The van der Waals surface area contributed by atoms with Crippen LogP contribution in [0.3, 0.4) is 0 Å². The first-order chi connectivity index (χ1) is 30.7. The molecule has 2 aliphatic heterocycles. The number of aliphatic imine (C=N–C) groups is 1. The average molecular weight is 846 g/mol. The van der Waals surface area contributed by atoms with Crippen LogP contribution in [0.15, 0.2) is 126 Å². The summed E-state index contributed by atoms with van der Waals surface area (Å²) < 4.78 is 18.6. The van der Waals surface area contributed by atoms with Crippen molar-refractivity contribution < 1.29 is 29.2 Å². The molecule has 0 amide bonds. The van der Waals surface area contributed by atoms with Crippen LogP contribution >= 0.6 is 0 Å². The fraction of sp³-hybridized carbons (Fsp3) is 0.333. The summed E-state index contributed by atoms with van der Waals surface area (Å²) in [6.45, 7) is 2.40. The number of carbonyl (C=O) groups is 1. The second-order valence-corrected chi connectivity index (χ2v) is 16.6. The molecule has 0 aromatic heterocycles. The van der Waals surface area contributed by atoms with E-state index in [9.17, 15) is 15.0 Å². The largest absolute Gasteiger partial charge is 0.508 e. The van der Waals surface area contributed by atoms with E-state index in [0.29, 0.717) is 49.7 Å². The van der Waals surface area contributed by atoms with E-state index >= 15 is 0 Å². The van der Waals surface area contributed by atoms with Crippen molar-refractivity contribution in [1.29, 1.82) is 0 Å². The maximum Gasteiger partial charge on any atom is 0.192 e. The Morgan fingerprint density at radius 3 is 2.56 bits per heavy atom. The number of ketones is 1. The molecule has 5 N–H and O–H groups in total. The van der Waals surface area contributed by atoms with Crippen LogP contribution in [0.2, 0.25) is 0 Å². The number of rotatable bonds is 12. The van der Waals surface area contributed by atoms with Crippen LogP contribution in [0, 0.1) is 23.9 Å². The summed E-state index contributed by atoms with van der Waals surface area (Å²) in [6, 6.07) is 32.3. The molecular formula is C54H59N3O6. The number of nitrogens with one attached hydrogen (secondary N) is 1. The van der Waals surface area contributed by atoms with E-state index in [1.54, 1.807) is 20.2 Å². The first kappa shape index (κ1) is 44.4. The number of phenolic OH excluding ortho intramolecular Hbond substituents is 1. The Kier molecular flexibility index (Phi) is 15.1. The van der Waals surface area contributed by atoms with Crippen molar-refractivity contribution in [3.05, 3.63) is 154 Å². The van der Waals surface area contributed by atoms with Crippen LogP contribution < -0.4 is 20.5 Å². The van der Waals surface area contributed by atoms with Crippen LogP contribution in [-0.2, 0) is 41.8 Å². The van der Waals surface area contributed by atoms with E-state index in [2.05, 4.69) is 71.7 Å². The molecule has 9 nitrogen and oxygen atoms in total.